The van der Waals surface area contributed by atoms with E-state index in [1.54, 1.807) is 29.3 Å². The molecule has 2 aromatic carbocycles. The first-order valence-corrected chi connectivity index (χ1v) is 12.4. The van der Waals surface area contributed by atoms with E-state index >= 15 is 0 Å². The van der Waals surface area contributed by atoms with Crippen LogP contribution in [0.2, 0.25) is 0 Å². The summed E-state index contributed by atoms with van der Waals surface area (Å²) in [6.45, 7) is 0.373. The van der Waals surface area contributed by atoms with Crippen molar-refractivity contribution in [1.29, 1.82) is 5.26 Å². The Bertz CT molecular complexity index is 1370. The summed E-state index contributed by atoms with van der Waals surface area (Å²) in [5.41, 5.74) is 1.99. The second kappa shape index (κ2) is 7.43. The van der Waals surface area contributed by atoms with E-state index in [1.807, 2.05) is 24.4 Å². The molecule has 0 fully saturated rings. The quantitative estimate of drug-likeness (QED) is 0.433. The Balaban J connectivity index is 1.61. The van der Waals surface area contributed by atoms with E-state index in [9.17, 15) is 8.42 Å². The molecule has 5 nitrogen and oxygen atoms in total. The summed E-state index contributed by atoms with van der Waals surface area (Å²) in [5.74, 6) is 0.657. The average molecular weight is 450 g/mol. The van der Waals surface area contributed by atoms with Crippen molar-refractivity contribution in [3.05, 3.63) is 72.6 Å². The van der Waals surface area contributed by atoms with Gasteiger partial charge < -0.3 is 0 Å². The van der Waals surface area contributed by atoms with Gasteiger partial charge in [0.1, 0.15) is 0 Å². The normalized spacial score (nSPS) is 13.8. The molecule has 1 aliphatic rings. The van der Waals surface area contributed by atoms with Crippen LogP contribution in [-0.2, 0) is 10.0 Å². The van der Waals surface area contributed by atoms with Gasteiger partial charge in [-0.05, 0) is 41.8 Å². The lowest BCUT2D eigenvalue weighted by Crippen LogP contribution is -2.35. The van der Waals surface area contributed by atoms with Crippen LogP contribution in [0.25, 0.3) is 20.5 Å². The molecule has 5 rings (SSSR count). The molecule has 30 heavy (non-hydrogen) atoms. The Labute approximate surface area is 182 Å². The minimum atomic E-state index is -3.75. The van der Waals surface area contributed by atoms with Crippen molar-refractivity contribution in [3.63, 3.8) is 0 Å². The van der Waals surface area contributed by atoms with Crippen molar-refractivity contribution < 1.29 is 8.42 Å². The predicted molar refractivity (Wildman–Crippen MR) is 121 cm³/mol. The second-order valence-corrected chi connectivity index (χ2v) is 10.8. The second-order valence-electron chi connectivity index (χ2n) is 6.75. The molecule has 0 N–H and O–H groups in total. The number of thiophene rings is 1. The molecule has 148 valence electrons. The lowest BCUT2D eigenvalue weighted by atomic mass is 10.2. The van der Waals surface area contributed by atoms with Gasteiger partial charge in [0, 0.05) is 38.5 Å². The van der Waals surface area contributed by atoms with Crippen LogP contribution in [0, 0.1) is 11.3 Å². The largest absolute Gasteiger partial charge is 0.264 e. The molecule has 0 unspecified atom stereocenters. The van der Waals surface area contributed by atoms with Gasteiger partial charge in [0.25, 0.3) is 10.0 Å². The summed E-state index contributed by atoms with van der Waals surface area (Å²) < 4.78 is 29.3. The van der Waals surface area contributed by atoms with Gasteiger partial charge in [-0.2, -0.15) is 5.26 Å². The fourth-order valence-electron chi connectivity index (χ4n) is 3.49. The molecule has 0 aliphatic carbocycles. The van der Waals surface area contributed by atoms with Gasteiger partial charge in [-0.3, -0.25) is 9.29 Å². The number of rotatable bonds is 3. The fourth-order valence-corrected chi connectivity index (χ4v) is 7.37. The summed E-state index contributed by atoms with van der Waals surface area (Å²) in [6, 6.07) is 18.4. The number of sulfonamides is 1. The SMILES string of the molecule is N#Cc1ccc(S(=O)(=O)N2CCSc3c(-c4cc5ccccc5s4)cncc32)cc1. The Morgan fingerprint density at radius 2 is 1.87 bits per heavy atom. The third kappa shape index (κ3) is 3.16. The Hall–Kier alpha value is -2.86. The molecule has 0 spiro atoms. The summed E-state index contributed by atoms with van der Waals surface area (Å²) in [7, 11) is -3.75. The van der Waals surface area contributed by atoms with Crippen molar-refractivity contribution in [3.8, 4) is 16.5 Å². The molecule has 4 aromatic rings. The van der Waals surface area contributed by atoms with Crippen LogP contribution in [-0.4, -0.2) is 25.7 Å². The number of aromatic nitrogens is 1. The van der Waals surface area contributed by atoms with Gasteiger partial charge >= 0.3 is 0 Å². The van der Waals surface area contributed by atoms with Gasteiger partial charge in [0.05, 0.1) is 28.4 Å². The third-order valence-corrected chi connectivity index (χ3v) is 9.03. The maximum Gasteiger partial charge on any atom is 0.264 e. The van der Waals surface area contributed by atoms with E-state index in [-0.39, 0.29) is 4.90 Å². The van der Waals surface area contributed by atoms with Gasteiger partial charge in [-0.15, -0.1) is 23.1 Å². The maximum atomic E-state index is 13.3. The zero-order valence-electron chi connectivity index (χ0n) is 15.6. The van der Waals surface area contributed by atoms with Crippen LogP contribution >= 0.6 is 23.1 Å². The number of nitriles is 1. The third-order valence-electron chi connectivity index (χ3n) is 4.95. The first-order valence-electron chi connectivity index (χ1n) is 9.20. The molecule has 3 heterocycles. The van der Waals surface area contributed by atoms with Crippen molar-refractivity contribution >= 4 is 48.9 Å². The molecule has 0 amide bonds. The van der Waals surface area contributed by atoms with E-state index in [4.69, 9.17) is 5.26 Å². The first-order chi connectivity index (χ1) is 14.6. The number of pyridine rings is 1. The first kappa shape index (κ1) is 19.1. The molecular weight excluding hydrogens is 434 g/mol. The van der Waals surface area contributed by atoms with Crippen LogP contribution < -0.4 is 4.31 Å². The zero-order valence-corrected chi connectivity index (χ0v) is 18.1. The van der Waals surface area contributed by atoms with E-state index in [2.05, 4.69) is 23.2 Å². The molecule has 0 bridgehead atoms. The van der Waals surface area contributed by atoms with Gasteiger partial charge in [0.2, 0.25) is 0 Å². The maximum absolute atomic E-state index is 13.3. The minimum absolute atomic E-state index is 0.173. The van der Waals surface area contributed by atoms with Crippen LogP contribution in [0.1, 0.15) is 5.56 Å². The number of hydrogen-bond donors (Lipinski definition) is 0. The van der Waals surface area contributed by atoms with E-state index in [1.165, 1.54) is 33.3 Å². The van der Waals surface area contributed by atoms with E-state index in [0.29, 0.717) is 23.5 Å². The lowest BCUT2D eigenvalue weighted by Gasteiger charge is -2.30. The topological polar surface area (TPSA) is 74.1 Å². The number of hydrogen-bond acceptors (Lipinski definition) is 6. The Morgan fingerprint density at radius 3 is 2.63 bits per heavy atom. The molecule has 1 aliphatic heterocycles. The molecule has 0 radical (unpaired) electrons. The standard InChI is InChI=1S/C22H15N3O2S3/c23-12-15-5-7-17(8-6-15)30(26,27)25-9-10-28-22-18(13-24-14-19(22)25)21-11-16-3-1-2-4-20(16)29-21/h1-8,11,13-14H,9-10H2. The van der Waals surface area contributed by atoms with Gasteiger partial charge in [0.15, 0.2) is 0 Å². The number of fused-ring (bicyclic) bond motifs is 2. The highest BCUT2D eigenvalue weighted by Crippen LogP contribution is 2.45. The van der Waals surface area contributed by atoms with E-state index < -0.39 is 10.0 Å². The summed E-state index contributed by atoms with van der Waals surface area (Å²) >= 11 is 3.34. The molecule has 8 heteroatoms. The van der Waals surface area contributed by atoms with Gasteiger partial charge in [-0.1, -0.05) is 18.2 Å². The lowest BCUT2D eigenvalue weighted by molar-refractivity contribution is 0.591. The molecule has 2 aromatic heterocycles. The van der Waals surface area contributed by atoms with Crippen LogP contribution in [0.4, 0.5) is 5.69 Å². The molecule has 0 saturated carbocycles. The highest BCUT2D eigenvalue weighted by Gasteiger charge is 2.31. The number of thioether (sulfide) groups is 1. The zero-order chi connectivity index (χ0) is 20.7. The van der Waals surface area contributed by atoms with Crippen LogP contribution in [0.5, 0.6) is 0 Å². The number of benzene rings is 2. The molecular formula is C22H15N3O2S3. The summed E-state index contributed by atoms with van der Waals surface area (Å²) in [6.07, 6.45) is 3.44. The smallest absolute Gasteiger partial charge is 0.263 e. The fraction of sp³-hybridized carbons (Fsp3) is 0.0909. The highest BCUT2D eigenvalue weighted by molar-refractivity contribution is 8.00. The highest BCUT2D eigenvalue weighted by atomic mass is 32.2. The van der Waals surface area contributed by atoms with Gasteiger partial charge in [-0.25, -0.2) is 8.42 Å². The monoisotopic (exact) mass is 449 g/mol. The van der Waals surface area contributed by atoms with Crippen molar-refractivity contribution in [1.82, 2.24) is 4.98 Å². The average Bonchev–Trinajstić information content (AvgIpc) is 3.22. The van der Waals surface area contributed by atoms with Crippen molar-refractivity contribution in [2.75, 3.05) is 16.6 Å². The summed E-state index contributed by atoms with van der Waals surface area (Å²) in [4.78, 5) is 6.55. The summed E-state index contributed by atoms with van der Waals surface area (Å²) in [5, 5.41) is 10.1. The number of nitrogens with zero attached hydrogens (tertiary/aromatic N) is 3. The Morgan fingerprint density at radius 1 is 1.07 bits per heavy atom. The van der Waals surface area contributed by atoms with Crippen molar-refractivity contribution in [2.24, 2.45) is 0 Å². The molecule has 0 atom stereocenters. The predicted octanol–water partition coefficient (Wildman–Crippen LogP) is 5.14. The minimum Gasteiger partial charge on any atom is -0.263 e. The number of anilines is 1. The van der Waals surface area contributed by atoms with Crippen LogP contribution in [0.15, 0.2) is 76.8 Å². The van der Waals surface area contributed by atoms with Crippen LogP contribution in [0.3, 0.4) is 0 Å². The van der Waals surface area contributed by atoms with Crippen molar-refractivity contribution in [2.45, 2.75) is 9.79 Å². The Kier molecular flexibility index (Phi) is 4.74. The molecule has 0 saturated heterocycles. The van der Waals surface area contributed by atoms with E-state index in [0.717, 1.165) is 20.7 Å².